The van der Waals surface area contributed by atoms with Gasteiger partial charge in [-0.25, -0.2) is 0 Å². The van der Waals surface area contributed by atoms with Gasteiger partial charge in [0, 0.05) is 30.7 Å². The smallest absolute Gasteiger partial charge is 0.387 e. The van der Waals surface area contributed by atoms with Crippen LogP contribution in [0.25, 0.3) is 0 Å². The fourth-order valence-electron chi connectivity index (χ4n) is 3.59. The Balaban J connectivity index is 1.60. The van der Waals surface area contributed by atoms with Crippen molar-refractivity contribution in [3.8, 4) is 5.75 Å². The van der Waals surface area contributed by atoms with Gasteiger partial charge < -0.3 is 10.1 Å². The molecule has 0 spiro atoms. The minimum absolute atomic E-state index is 0.276. The number of benzene rings is 1. The fourth-order valence-corrected chi connectivity index (χ4v) is 3.59. The van der Waals surface area contributed by atoms with Crippen molar-refractivity contribution >= 4 is 0 Å². The van der Waals surface area contributed by atoms with Crippen LogP contribution in [0.5, 0.6) is 5.75 Å². The van der Waals surface area contributed by atoms with Crippen LogP contribution in [0.2, 0.25) is 0 Å². The van der Waals surface area contributed by atoms with Crippen LogP contribution in [-0.4, -0.2) is 36.7 Å². The van der Waals surface area contributed by atoms with Gasteiger partial charge in [0.05, 0.1) is 0 Å². The van der Waals surface area contributed by atoms with Crippen LogP contribution >= 0.6 is 0 Å². The van der Waals surface area contributed by atoms with E-state index < -0.39 is 6.61 Å². The summed E-state index contributed by atoms with van der Waals surface area (Å²) in [5.41, 5.74) is 0.798. The number of para-hydroxylation sites is 1. The van der Waals surface area contributed by atoms with E-state index in [1.807, 2.05) is 12.1 Å². The highest BCUT2D eigenvalue weighted by atomic mass is 19.3. The number of nitrogens with one attached hydrogen (secondary N) is 1. The molecule has 0 amide bonds. The Morgan fingerprint density at radius 3 is 2.90 bits per heavy atom. The van der Waals surface area contributed by atoms with Gasteiger partial charge in [-0.2, -0.15) is 8.78 Å². The van der Waals surface area contributed by atoms with Crippen LogP contribution < -0.4 is 10.1 Å². The first-order chi connectivity index (χ1) is 10.2. The zero-order chi connectivity index (χ0) is 14.7. The zero-order valence-electron chi connectivity index (χ0n) is 12.1. The SMILES string of the molecule is FC(F)Oc1ccccc1CNC1CCN2CCCCC12. The summed E-state index contributed by atoms with van der Waals surface area (Å²) in [6.45, 7) is 0.162. The maximum atomic E-state index is 12.4. The molecule has 0 radical (unpaired) electrons. The van der Waals surface area contributed by atoms with Gasteiger partial charge in [0.25, 0.3) is 0 Å². The molecule has 2 fully saturated rings. The van der Waals surface area contributed by atoms with Gasteiger partial charge in [-0.15, -0.1) is 0 Å². The summed E-state index contributed by atoms with van der Waals surface area (Å²) < 4.78 is 29.4. The lowest BCUT2D eigenvalue weighted by atomic mass is 9.99. The standard InChI is InChI=1S/C16H22F2N2O/c17-16(18)21-15-7-2-1-5-12(15)11-19-13-8-10-20-9-4-3-6-14(13)20/h1-2,5,7,13-14,16,19H,3-4,6,8-11H2. The molecule has 0 bridgehead atoms. The Morgan fingerprint density at radius 2 is 2.05 bits per heavy atom. The van der Waals surface area contributed by atoms with E-state index in [-0.39, 0.29) is 5.75 Å². The summed E-state index contributed by atoms with van der Waals surface area (Å²) in [7, 11) is 0. The predicted octanol–water partition coefficient (Wildman–Crippen LogP) is 3.00. The van der Waals surface area contributed by atoms with E-state index in [2.05, 4.69) is 15.0 Å². The molecule has 1 aromatic carbocycles. The Kier molecular flexibility index (Phi) is 4.70. The molecule has 2 unspecified atom stereocenters. The van der Waals surface area contributed by atoms with Crippen LogP contribution in [-0.2, 0) is 6.54 Å². The molecule has 2 aliphatic rings. The third-order valence-corrected chi connectivity index (χ3v) is 4.60. The average Bonchev–Trinajstić information content (AvgIpc) is 2.89. The summed E-state index contributed by atoms with van der Waals surface area (Å²) in [6, 6.07) is 8.10. The first kappa shape index (κ1) is 14.7. The quantitative estimate of drug-likeness (QED) is 0.904. The number of halogens is 2. The molecular formula is C16H22F2N2O. The topological polar surface area (TPSA) is 24.5 Å². The molecule has 2 aliphatic heterocycles. The van der Waals surface area contributed by atoms with Crippen LogP contribution in [0, 0.1) is 0 Å². The lowest BCUT2D eigenvalue weighted by molar-refractivity contribution is -0.0505. The van der Waals surface area contributed by atoms with Crippen LogP contribution in [0.4, 0.5) is 8.78 Å². The second-order valence-electron chi connectivity index (χ2n) is 5.86. The molecule has 2 atom stereocenters. The van der Waals surface area contributed by atoms with Crippen molar-refractivity contribution in [2.45, 2.75) is 50.9 Å². The van der Waals surface area contributed by atoms with Crippen LogP contribution in [0.3, 0.4) is 0 Å². The number of alkyl halides is 2. The molecule has 5 heteroatoms. The molecule has 0 saturated carbocycles. The van der Waals surface area contributed by atoms with Gasteiger partial charge in [-0.3, -0.25) is 4.90 Å². The monoisotopic (exact) mass is 296 g/mol. The number of rotatable bonds is 5. The Bertz CT molecular complexity index is 469. The molecule has 0 aromatic heterocycles. The van der Waals surface area contributed by atoms with Gasteiger partial charge in [0.1, 0.15) is 5.75 Å². The van der Waals surface area contributed by atoms with Crippen molar-refractivity contribution in [2.24, 2.45) is 0 Å². The summed E-state index contributed by atoms with van der Waals surface area (Å²) in [5, 5.41) is 3.54. The normalized spacial score (nSPS) is 26.0. The second-order valence-corrected chi connectivity index (χ2v) is 5.86. The number of piperidine rings is 1. The molecule has 1 aromatic rings. The number of hydrogen-bond donors (Lipinski definition) is 1. The predicted molar refractivity (Wildman–Crippen MR) is 77.5 cm³/mol. The van der Waals surface area contributed by atoms with Gasteiger partial charge in [0.15, 0.2) is 0 Å². The van der Waals surface area contributed by atoms with Crippen molar-refractivity contribution < 1.29 is 13.5 Å². The third kappa shape index (κ3) is 3.52. The molecule has 1 N–H and O–H groups in total. The Morgan fingerprint density at radius 1 is 1.19 bits per heavy atom. The van der Waals surface area contributed by atoms with E-state index in [9.17, 15) is 8.78 Å². The summed E-state index contributed by atoms with van der Waals surface area (Å²) in [5.74, 6) is 0.276. The number of ether oxygens (including phenoxy) is 1. The summed E-state index contributed by atoms with van der Waals surface area (Å²) >= 11 is 0. The van der Waals surface area contributed by atoms with E-state index in [0.717, 1.165) is 18.5 Å². The molecule has 2 heterocycles. The first-order valence-corrected chi connectivity index (χ1v) is 7.74. The molecule has 21 heavy (non-hydrogen) atoms. The van der Waals surface area contributed by atoms with Crippen molar-refractivity contribution in [3.63, 3.8) is 0 Å². The van der Waals surface area contributed by atoms with E-state index >= 15 is 0 Å². The van der Waals surface area contributed by atoms with Gasteiger partial charge in [-0.1, -0.05) is 24.6 Å². The lowest BCUT2D eigenvalue weighted by Gasteiger charge is -2.32. The number of fused-ring (bicyclic) bond motifs is 1. The fraction of sp³-hybridized carbons (Fsp3) is 0.625. The van der Waals surface area contributed by atoms with E-state index in [1.165, 1.54) is 25.8 Å². The first-order valence-electron chi connectivity index (χ1n) is 7.74. The molecule has 2 saturated heterocycles. The minimum atomic E-state index is -2.77. The highest BCUT2D eigenvalue weighted by Gasteiger charge is 2.34. The van der Waals surface area contributed by atoms with E-state index in [0.29, 0.717) is 18.6 Å². The maximum Gasteiger partial charge on any atom is 0.387 e. The largest absolute Gasteiger partial charge is 0.434 e. The summed E-state index contributed by atoms with van der Waals surface area (Å²) in [4.78, 5) is 2.56. The van der Waals surface area contributed by atoms with Gasteiger partial charge >= 0.3 is 6.61 Å². The van der Waals surface area contributed by atoms with Crippen molar-refractivity contribution in [3.05, 3.63) is 29.8 Å². The molecule has 0 aliphatic carbocycles. The third-order valence-electron chi connectivity index (χ3n) is 4.60. The van der Waals surface area contributed by atoms with Crippen molar-refractivity contribution in [2.75, 3.05) is 13.1 Å². The lowest BCUT2D eigenvalue weighted by Crippen LogP contribution is -2.44. The van der Waals surface area contributed by atoms with Crippen molar-refractivity contribution in [1.29, 1.82) is 0 Å². The van der Waals surface area contributed by atoms with Crippen LogP contribution in [0.1, 0.15) is 31.2 Å². The Hall–Kier alpha value is -1.20. The molecule has 116 valence electrons. The van der Waals surface area contributed by atoms with Gasteiger partial charge in [-0.05, 0) is 31.9 Å². The summed E-state index contributed by atoms with van der Waals surface area (Å²) in [6.07, 6.45) is 4.98. The van der Waals surface area contributed by atoms with E-state index in [1.54, 1.807) is 12.1 Å². The average molecular weight is 296 g/mol. The maximum absolute atomic E-state index is 12.4. The van der Waals surface area contributed by atoms with Crippen molar-refractivity contribution in [1.82, 2.24) is 10.2 Å². The van der Waals surface area contributed by atoms with E-state index in [4.69, 9.17) is 0 Å². The van der Waals surface area contributed by atoms with Crippen LogP contribution in [0.15, 0.2) is 24.3 Å². The second kappa shape index (κ2) is 6.71. The Labute approximate surface area is 124 Å². The molecular weight excluding hydrogens is 274 g/mol. The molecule has 3 nitrogen and oxygen atoms in total. The van der Waals surface area contributed by atoms with Gasteiger partial charge in [0.2, 0.25) is 0 Å². The molecule has 3 rings (SSSR count). The number of nitrogens with zero attached hydrogens (tertiary/aromatic N) is 1. The number of hydrogen-bond acceptors (Lipinski definition) is 3. The zero-order valence-corrected chi connectivity index (χ0v) is 12.1. The minimum Gasteiger partial charge on any atom is -0.434 e. The highest BCUT2D eigenvalue weighted by molar-refractivity contribution is 5.33. The highest BCUT2D eigenvalue weighted by Crippen LogP contribution is 2.28.